The Bertz CT molecular complexity index is 934. The second kappa shape index (κ2) is 12.6. The molecule has 0 aromatic heterocycles. The molecule has 1 aliphatic carbocycles. The molecular formula is C24H32FIN4O2. The zero-order valence-corrected chi connectivity index (χ0v) is 21.1. The highest BCUT2D eigenvalue weighted by Crippen LogP contribution is 2.30. The lowest BCUT2D eigenvalue weighted by atomic mass is 10.1. The second-order valence-corrected chi connectivity index (χ2v) is 7.80. The Morgan fingerprint density at radius 3 is 2.66 bits per heavy atom. The van der Waals surface area contributed by atoms with E-state index in [1.54, 1.807) is 19.2 Å². The van der Waals surface area contributed by atoms with Crippen molar-refractivity contribution in [3.8, 4) is 5.75 Å². The van der Waals surface area contributed by atoms with Gasteiger partial charge >= 0.3 is 0 Å². The van der Waals surface area contributed by atoms with E-state index in [-0.39, 0.29) is 41.7 Å². The van der Waals surface area contributed by atoms with Crippen LogP contribution in [0.1, 0.15) is 54.2 Å². The van der Waals surface area contributed by atoms with Gasteiger partial charge in [0, 0.05) is 25.7 Å². The Kier molecular flexibility index (Phi) is 10.2. The molecule has 0 aliphatic heterocycles. The third kappa shape index (κ3) is 7.65. The van der Waals surface area contributed by atoms with Crippen molar-refractivity contribution in [1.82, 2.24) is 16.0 Å². The first-order valence-corrected chi connectivity index (χ1v) is 10.8. The number of carbonyl (C=O) groups excluding carboxylic acids is 1. The number of nitrogens with one attached hydrogen (secondary N) is 3. The molecule has 0 spiro atoms. The van der Waals surface area contributed by atoms with E-state index in [9.17, 15) is 9.18 Å². The smallest absolute Gasteiger partial charge is 0.251 e. The van der Waals surface area contributed by atoms with Crippen molar-refractivity contribution in [2.24, 2.45) is 10.9 Å². The van der Waals surface area contributed by atoms with E-state index < -0.39 is 0 Å². The molecule has 0 bridgehead atoms. The Hall–Kier alpha value is -2.36. The molecule has 1 aliphatic rings. The SMILES string of the molecule is CCNC(=O)c1cccc(CNC(=NC)NC(C)c2ccc(OCC3CC3)c(F)c2)c1.I. The Morgan fingerprint density at radius 2 is 2.00 bits per heavy atom. The van der Waals surface area contributed by atoms with Crippen molar-refractivity contribution in [3.05, 3.63) is 65.0 Å². The number of nitrogens with zero attached hydrogens (tertiary/aromatic N) is 1. The quantitative estimate of drug-likeness (QED) is 0.244. The van der Waals surface area contributed by atoms with Crippen molar-refractivity contribution in [2.75, 3.05) is 20.2 Å². The van der Waals surface area contributed by atoms with Crippen LogP contribution in [-0.2, 0) is 6.54 Å². The van der Waals surface area contributed by atoms with E-state index in [2.05, 4.69) is 20.9 Å². The maximum Gasteiger partial charge on any atom is 0.251 e. The molecule has 3 N–H and O–H groups in total. The van der Waals surface area contributed by atoms with Crippen molar-refractivity contribution in [2.45, 2.75) is 39.3 Å². The molecule has 3 rings (SSSR count). The highest BCUT2D eigenvalue weighted by molar-refractivity contribution is 14.0. The third-order valence-corrected chi connectivity index (χ3v) is 5.19. The van der Waals surface area contributed by atoms with E-state index >= 15 is 0 Å². The zero-order chi connectivity index (χ0) is 22.2. The van der Waals surface area contributed by atoms with Gasteiger partial charge < -0.3 is 20.7 Å². The van der Waals surface area contributed by atoms with Crippen LogP contribution in [0.4, 0.5) is 4.39 Å². The predicted octanol–water partition coefficient (Wildman–Crippen LogP) is 4.41. The summed E-state index contributed by atoms with van der Waals surface area (Å²) >= 11 is 0. The number of rotatable bonds is 9. The van der Waals surface area contributed by atoms with Gasteiger partial charge in [0.25, 0.3) is 5.91 Å². The normalized spacial score (nSPS) is 14.2. The Balaban J connectivity index is 0.00000363. The van der Waals surface area contributed by atoms with Gasteiger partial charge in [0.1, 0.15) is 0 Å². The fraction of sp³-hybridized carbons (Fsp3) is 0.417. The number of ether oxygens (including phenoxy) is 1. The maximum atomic E-state index is 14.4. The predicted molar refractivity (Wildman–Crippen MR) is 136 cm³/mol. The summed E-state index contributed by atoms with van der Waals surface area (Å²) in [6, 6.07) is 12.3. The van der Waals surface area contributed by atoms with Crippen molar-refractivity contribution in [1.29, 1.82) is 0 Å². The average molecular weight is 554 g/mol. The number of guanidine groups is 1. The first kappa shape index (κ1) is 25.9. The van der Waals surface area contributed by atoms with Crippen LogP contribution in [0.15, 0.2) is 47.5 Å². The van der Waals surface area contributed by atoms with E-state index in [1.165, 1.54) is 18.9 Å². The minimum Gasteiger partial charge on any atom is -0.490 e. The summed E-state index contributed by atoms with van der Waals surface area (Å²) in [4.78, 5) is 16.3. The fourth-order valence-electron chi connectivity index (χ4n) is 3.15. The summed E-state index contributed by atoms with van der Waals surface area (Å²) in [6.45, 7) is 5.51. The van der Waals surface area contributed by atoms with Crippen LogP contribution < -0.4 is 20.7 Å². The van der Waals surface area contributed by atoms with Crippen LogP contribution in [0, 0.1) is 11.7 Å². The number of halogens is 2. The van der Waals surface area contributed by atoms with Gasteiger partial charge in [-0.25, -0.2) is 4.39 Å². The largest absolute Gasteiger partial charge is 0.490 e. The summed E-state index contributed by atoms with van der Waals surface area (Å²) in [5, 5.41) is 9.31. The number of hydrogen-bond acceptors (Lipinski definition) is 3. The molecule has 6 nitrogen and oxygen atoms in total. The van der Waals surface area contributed by atoms with Crippen LogP contribution in [0.3, 0.4) is 0 Å². The van der Waals surface area contributed by atoms with Gasteiger partial charge in [-0.1, -0.05) is 18.2 Å². The van der Waals surface area contributed by atoms with Crippen molar-refractivity contribution >= 4 is 35.8 Å². The van der Waals surface area contributed by atoms with E-state index in [1.807, 2.05) is 38.1 Å². The number of aliphatic imine (C=N–C) groups is 1. The number of hydrogen-bond donors (Lipinski definition) is 3. The lowest BCUT2D eigenvalue weighted by Crippen LogP contribution is -2.38. The maximum absolute atomic E-state index is 14.4. The lowest BCUT2D eigenvalue weighted by Gasteiger charge is -2.19. The molecule has 32 heavy (non-hydrogen) atoms. The molecule has 1 unspecified atom stereocenters. The monoisotopic (exact) mass is 554 g/mol. The van der Waals surface area contributed by atoms with Crippen molar-refractivity contribution < 1.29 is 13.9 Å². The first-order valence-electron chi connectivity index (χ1n) is 10.8. The molecule has 1 atom stereocenters. The molecule has 174 valence electrons. The summed E-state index contributed by atoms with van der Waals surface area (Å²) in [7, 11) is 1.68. The zero-order valence-electron chi connectivity index (χ0n) is 18.8. The molecule has 1 fully saturated rings. The topological polar surface area (TPSA) is 74.8 Å². The first-order chi connectivity index (χ1) is 15.0. The summed E-state index contributed by atoms with van der Waals surface area (Å²) in [5.41, 5.74) is 2.39. The molecular weight excluding hydrogens is 522 g/mol. The minimum absolute atomic E-state index is 0. The van der Waals surface area contributed by atoms with Gasteiger partial charge in [-0.3, -0.25) is 9.79 Å². The minimum atomic E-state index is -0.350. The molecule has 2 aromatic rings. The Labute approximate surface area is 206 Å². The average Bonchev–Trinajstić information content (AvgIpc) is 3.60. The molecule has 2 aromatic carbocycles. The fourth-order valence-corrected chi connectivity index (χ4v) is 3.15. The standard InChI is InChI=1S/C24H31FN4O2.HI/c1-4-27-23(30)20-7-5-6-18(12-20)14-28-24(26-3)29-16(2)19-10-11-22(21(25)13-19)31-15-17-8-9-17;/h5-7,10-13,16-17H,4,8-9,14-15H2,1-3H3,(H,27,30)(H2,26,28,29);1H. The molecule has 0 heterocycles. The number of benzene rings is 2. The van der Waals surface area contributed by atoms with E-state index in [0.717, 1.165) is 11.1 Å². The highest BCUT2D eigenvalue weighted by atomic mass is 127. The summed E-state index contributed by atoms with van der Waals surface area (Å²) in [5.74, 6) is 1.03. The van der Waals surface area contributed by atoms with Crippen LogP contribution in [0.25, 0.3) is 0 Å². The highest BCUT2D eigenvalue weighted by Gasteiger charge is 2.22. The van der Waals surface area contributed by atoms with Crippen LogP contribution in [0.5, 0.6) is 5.75 Å². The molecule has 1 amide bonds. The van der Waals surface area contributed by atoms with Gasteiger partial charge in [0.15, 0.2) is 17.5 Å². The van der Waals surface area contributed by atoms with Gasteiger partial charge in [-0.2, -0.15) is 0 Å². The van der Waals surface area contributed by atoms with Crippen LogP contribution in [0.2, 0.25) is 0 Å². The van der Waals surface area contributed by atoms with Gasteiger partial charge in [-0.15, -0.1) is 24.0 Å². The molecule has 0 saturated heterocycles. The van der Waals surface area contributed by atoms with Gasteiger partial charge in [0.05, 0.1) is 12.6 Å². The van der Waals surface area contributed by atoms with E-state index in [4.69, 9.17) is 4.74 Å². The number of carbonyl (C=O) groups is 1. The molecule has 0 radical (unpaired) electrons. The van der Waals surface area contributed by atoms with E-state index in [0.29, 0.717) is 42.9 Å². The summed E-state index contributed by atoms with van der Waals surface area (Å²) < 4.78 is 20.0. The third-order valence-electron chi connectivity index (χ3n) is 5.19. The van der Waals surface area contributed by atoms with Crippen molar-refractivity contribution in [3.63, 3.8) is 0 Å². The lowest BCUT2D eigenvalue weighted by molar-refractivity contribution is 0.0955. The summed E-state index contributed by atoms with van der Waals surface area (Å²) in [6.07, 6.45) is 2.34. The van der Waals surface area contributed by atoms with Crippen LogP contribution >= 0.6 is 24.0 Å². The Morgan fingerprint density at radius 1 is 1.22 bits per heavy atom. The number of amides is 1. The van der Waals surface area contributed by atoms with Gasteiger partial charge in [-0.05, 0) is 68.0 Å². The van der Waals surface area contributed by atoms with Crippen LogP contribution in [-0.4, -0.2) is 32.1 Å². The molecule has 8 heteroatoms. The molecule has 1 saturated carbocycles. The van der Waals surface area contributed by atoms with Gasteiger partial charge in [0.2, 0.25) is 0 Å². The second-order valence-electron chi connectivity index (χ2n) is 7.80.